The van der Waals surface area contributed by atoms with Crippen LogP contribution in [0, 0.1) is 0 Å². The van der Waals surface area contributed by atoms with Gasteiger partial charge in [-0.15, -0.1) is 11.3 Å². The molecule has 3 aromatic heterocycles. The number of anilines is 1. The van der Waals surface area contributed by atoms with E-state index in [0.29, 0.717) is 6.54 Å². The molecule has 7 heteroatoms. The van der Waals surface area contributed by atoms with Crippen molar-refractivity contribution in [2.75, 3.05) is 5.32 Å². The highest BCUT2D eigenvalue weighted by molar-refractivity contribution is 7.14. The molecule has 0 fully saturated rings. The van der Waals surface area contributed by atoms with Crippen LogP contribution in [0.2, 0.25) is 0 Å². The van der Waals surface area contributed by atoms with Crippen molar-refractivity contribution in [1.29, 1.82) is 0 Å². The average molecular weight is 316 g/mol. The summed E-state index contributed by atoms with van der Waals surface area (Å²) in [7, 11) is 0. The van der Waals surface area contributed by atoms with Gasteiger partial charge in [0.05, 0.1) is 22.9 Å². The van der Waals surface area contributed by atoms with Gasteiger partial charge in [-0.2, -0.15) is 11.3 Å². The molecule has 0 aliphatic heterocycles. The fourth-order valence-corrected chi connectivity index (χ4v) is 3.06. The number of hydrogen-bond donors (Lipinski definition) is 2. The lowest BCUT2D eigenvalue weighted by atomic mass is 10.2. The van der Waals surface area contributed by atoms with Gasteiger partial charge in [0, 0.05) is 23.3 Å². The van der Waals surface area contributed by atoms with Gasteiger partial charge in [-0.25, -0.2) is 4.79 Å². The van der Waals surface area contributed by atoms with E-state index in [0.717, 1.165) is 22.0 Å². The third-order valence-electron chi connectivity index (χ3n) is 2.74. The Balaban J connectivity index is 1.67. The summed E-state index contributed by atoms with van der Waals surface area (Å²) in [5.41, 5.74) is 2.57. The summed E-state index contributed by atoms with van der Waals surface area (Å²) in [6.07, 6.45) is 3.28. The van der Waals surface area contributed by atoms with Crippen molar-refractivity contribution in [1.82, 2.24) is 15.3 Å². The molecule has 2 amide bonds. The maximum absolute atomic E-state index is 11.8. The van der Waals surface area contributed by atoms with Crippen molar-refractivity contribution >= 4 is 33.7 Å². The number of carbonyl (C=O) groups is 1. The van der Waals surface area contributed by atoms with Crippen molar-refractivity contribution in [3.05, 3.63) is 52.4 Å². The summed E-state index contributed by atoms with van der Waals surface area (Å²) in [6, 6.07) is 5.48. The minimum Gasteiger partial charge on any atom is -0.332 e. The molecule has 0 aliphatic carbocycles. The smallest absolute Gasteiger partial charge is 0.320 e. The molecule has 0 unspecified atom stereocenters. The molecule has 0 aromatic carbocycles. The Kier molecular flexibility index (Phi) is 4.23. The van der Waals surface area contributed by atoms with Crippen LogP contribution in [0.5, 0.6) is 0 Å². The quantitative estimate of drug-likeness (QED) is 0.773. The van der Waals surface area contributed by atoms with Crippen molar-refractivity contribution in [3.8, 4) is 11.3 Å². The van der Waals surface area contributed by atoms with Gasteiger partial charge in [0.1, 0.15) is 0 Å². The van der Waals surface area contributed by atoms with Gasteiger partial charge < -0.3 is 5.32 Å². The maximum atomic E-state index is 11.8. The Morgan fingerprint density at radius 2 is 2.10 bits per heavy atom. The normalized spacial score (nSPS) is 10.3. The van der Waals surface area contributed by atoms with Crippen LogP contribution in [0.4, 0.5) is 9.80 Å². The number of amides is 2. The number of nitrogens with zero attached hydrogens (tertiary/aromatic N) is 2. The number of carbonyl (C=O) groups excluding carboxylic acids is 1. The van der Waals surface area contributed by atoms with Crippen molar-refractivity contribution in [3.63, 3.8) is 0 Å². The first-order valence-corrected chi connectivity index (χ1v) is 8.06. The summed E-state index contributed by atoms with van der Waals surface area (Å²) < 4.78 is 0. The number of hydrogen-bond acceptors (Lipinski definition) is 5. The van der Waals surface area contributed by atoms with Crippen LogP contribution in [-0.2, 0) is 6.54 Å². The highest BCUT2D eigenvalue weighted by Crippen LogP contribution is 2.22. The maximum Gasteiger partial charge on any atom is 0.320 e. The minimum atomic E-state index is -0.251. The first-order chi connectivity index (χ1) is 10.3. The van der Waals surface area contributed by atoms with Gasteiger partial charge in [-0.3, -0.25) is 15.3 Å². The molecule has 0 saturated heterocycles. The fraction of sp³-hybridized carbons (Fsp3) is 0.0714. The standard InChI is InChI=1S/C14H12N4OS2/c19-14(18-12-2-1-6-21-12)17-8-11-13(16-5-4-15-11)10-3-7-20-9-10/h1-7,9H,8H2,(H2,17,18,19). The third-order valence-corrected chi connectivity index (χ3v) is 4.21. The lowest BCUT2D eigenvalue weighted by Gasteiger charge is -2.08. The summed E-state index contributed by atoms with van der Waals surface area (Å²) >= 11 is 3.08. The zero-order chi connectivity index (χ0) is 14.5. The summed E-state index contributed by atoms with van der Waals surface area (Å²) in [5.74, 6) is 0. The van der Waals surface area contributed by atoms with Crippen LogP contribution in [-0.4, -0.2) is 16.0 Å². The number of rotatable bonds is 4. The first-order valence-electron chi connectivity index (χ1n) is 6.24. The molecule has 3 heterocycles. The molecule has 5 nitrogen and oxygen atoms in total. The van der Waals surface area contributed by atoms with E-state index >= 15 is 0 Å². The minimum absolute atomic E-state index is 0.251. The highest BCUT2D eigenvalue weighted by Gasteiger charge is 2.10. The van der Waals surface area contributed by atoms with Crippen LogP contribution >= 0.6 is 22.7 Å². The SMILES string of the molecule is O=C(NCc1nccnc1-c1ccsc1)Nc1cccs1. The number of aromatic nitrogens is 2. The molecule has 3 aromatic rings. The number of nitrogens with one attached hydrogen (secondary N) is 2. The van der Waals surface area contributed by atoms with Crippen molar-refractivity contribution in [2.45, 2.75) is 6.54 Å². The molecule has 0 spiro atoms. The van der Waals surface area contributed by atoms with E-state index in [2.05, 4.69) is 20.6 Å². The second kappa shape index (κ2) is 6.47. The van der Waals surface area contributed by atoms with Crippen molar-refractivity contribution < 1.29 is 4.79 Å². The van der Waals surface area contributed by atoms with E-state index in [9.17, 15) is 4.79 Å². The zero-order valence-electron chi connectivity index (χ0n) is 10.9. The Labute approximate surface area is 129 Å². The van der Waals surface area contributed by atoms with Crippen LogP contribution in [0.25, 0.3) is 11.3 Å². The highest BCUT2D eigenvalue weighted by atomic mass is 32.1. The Hall–Kier alpha value is -2.25. The predicted molar refractivity (Wildman–Crippen MR) is 85.5 cm³/mol. The first kappa shape index (κ1) is 13.7. The summed E-state index contributed by atoms with van der Waals surface area (Å²) in [6.45, 7) is 0.330. The molecule has 2 N–H and O–H groups in total. The molecule has 0 aliphatic rings. The van der Waals surface area contributed by atoms with Crippen molar-refractivity contribution in [2.24, 2.45) is 0 Å². The molecule has 0 radical (unpaired) electrons. The van der Waals surface area contributed by atoms with Gasteiger partial charge in [0.25, 0.3) is 0 Å². The fourth-order valence-electron chi connectivity index (χ4n) is 1.81. The lowest BCUT2D eigenvalue weighted by Crippen LogP contribution is -2.28. The van der Waals surface area contributed by atoms with Crippen LogP contribution < -0.4 is 10.6 Å². The summed E-state index contributed by atoms with van der Waals surface area (Å²) in [5, 5.41) is 12.3. The van der Waals surface area contributed by atoms with E-state index in [1.165, 1.54) is 11.3 Å². The van der Waals surface area contributed by atoms with Gasteiger partial charge >= 0.3 is 6.03 Å². The topological polar surface area (TPSA) is 66.9 Å². The molecule has 0 bridgehead atoms. The van der Waals surface area contributed by atoms with Crippen LogP contribution in [0.1, 0.15) is 5.69 Å². The van der Waals surface area contributed by atoms with Crippen LogP contribution in [0.15, 0.2) is 46.7 Å². The third kappa shape index (κ3) is 3.45. The van der Waals surface area contributed by atoms with Gasteiger partial charge in [-0.05, 0) is 29.0 Å². The molecule has 21 heavy (non-hydrogen) atoms. The Bertz CT molecular complexity index is 710. The average Bonchev–Trinajstić information content (AvgIpc) is 3.18. The van der Waals surface area contributed by atoms with E-state index in [1.54, 1.807) is 23.7 Å². The Morgan fingerprint density at radius 1 is 1.19 bits per heavy atom. The monoisotopic (exact) mass is 316 g/mol. The van der Waals surface area contributed by atoms with Gasteiger partial charge in [-0.1, -0.05) is 0 Å². The van der Waals surface area contributed by atoms with E-state index in [1.807, 2.05) is 34.3 Å². The molecule has 106 valence electrons. The zero-order valence-corrected chi connectivity index (χ0v) is 12.6. The number of urea groups is 1. The lowest BCUT2D eigenvalue weighted by molar-refractivity contribution is 0.251. The molecule has 3 rings (SSSR count). The number of thiophene rings is 2. The summed E-state index contributed by atoms with van der Waals surface area (Å²) in [4.78, 5) is 20.5. The van der Waals surface area contributed by atoms with Crippen LogP contribution in [0.3, 0.4) is 0 Å². The molecule has 0 saturated carbocycles. The van der Waals surface area contributed by atoms with Gasteiger partial charge in [0.2, 0.25) is 0 Å². The second-order valence-electron chi connectivity index (χ2n) is 4.15. The van der Waals surface area contributed by atoms with E-state index in [-0.39, 0.29) is 6.03 Å². The van der Waals surface area contributed by atoms with Gasteiger partial charge in [0.15, 0.2) is 0 Å². The second-order valence-corrected chi connectivity index (χ2v) is 5.88. The van der Waals surface area contributed by atoms with E-state index < -0.39 is 0 Å². The molecular weight excluding hydrogens is 304 g/mol. The Morgan fingerprint density at radius 3 is 2.86 bits per heavy atom. The molecule has 0 atom stereocenters. The molecular formula is C14H12N4OS2. The largest absolute Gasteiger partial charge is 0.332 e. The predicted octanol–water partition coefficient (Wildman–Crippen LogP) is 3.59. The van der Waals surface area contributed by atoms with E-state index in [4.69, 9.17) is 0 Å².